The zero-order chi connectivity index (χ0) is 17.6. The van der Waals surface area contributed by atoms with Crippen LogP contribution in [0.2, 0.25) is 0 Å². The molecule has 0 atom stereocenters. The van der Waals surface area contributed by atoms with E-state index in [1.54, 1.807) is 12.1 Å². The van der Waals surface area contributed by atoms with Gasteiger partial charge < -0.3 is 4.74 Å². The van der Waals surface area contributed by atoms with Crippen molar-refractivity contribution in [3.8, 4) is 16.9 Å². The fourth-order valence-electron chi connectivity index (χ4n) is 2.86. The van der Waals surface area contributed by atoms with Gasteiger partial charge in [-0.1, -0.05) is 54.6 Å². The van der Waals surface area contributed by atoms with E-state index in [4.69, 9.17) is 0 Å². The molecule has 3 heteroatoms. The molecule has 0 spiro atoms. The molecule has 0 radical (unpaired) electrons. The molecule has 0 aromatic heterocycles. The Morgan fingerprint density at radius 1 is 0.880 bits per heavy atom. The minimum Gasteiger partial charge on any atom is -0.435 e. The average Bonchev–Trinajstić information content (AvgIpc) is 2.62. The highest BCUT2D eigenvalue weighted by molar-refractivity contribution is 5.88. The second-order valence-electron chi connectivity index (χ2n) is 5.91. The fourth-order valence-corrected chi connectivity index (χ4v) is 2.86. The summed E-state index contributed by atoms with van der Waals surface area (Å²) in [4.78, 5) is 0. The van der Waals surface area contributed by atoms with E-state index in [0.29, 0.717) is 0 Å². The van der Waals surface area contributed by atoms with Gasteiger partial charge in [-0.05, 0) is 65.4 Å². The molecule has 25 heavy (non-hydrogen) atoms. The third-order valence-corrected chi connectivity index (χ3v) is 4.16. The topological polar surface area (TPSA) is 9.23 Å². The Balaban J connectivity index is 1.81. The van der Waals surface area contributed by atoms with Crippen molar-refractivity contribution in [2.75, 3.05) is 0 Å². The van der Waals surface area contributed by atoms with Gasteiger partial charge in [-0.2, -0.15) is 8.78 Å². The van der Waals surface area contributed by atoms with Crippen molar-refractivity contribution in [1.29, 1.82) is 0 Å². The third-order valence-electron chi connectivity index (χ3n) is 4.16. The van der Waals surface area contributed by atoms with E-state index in [9.17, 15) is 8.78 Å². The van der Waals surface area contributed by atoms with Gasteiger partial charge in [0, 0.05) is 0 Å². The lowest BCUT2D eigenvalue weighted by Crippen LogP contribution is -2.01. The average molecular weight is 338 g/mol. The SMILES string of the molecule is C/C=C/CCc1ccc(-c2ccc3cc(OC(F)F)ccc3c2)cc1. The zero-order valence-corrected chi connectivity index (χ0v) is 14.1. The predicted molar refractivity (Wildman–Crippen MR) is 99.2 cm³/mol. The van der Waals surface area contributed by atoms with Crippen LogP contribution in [0, 0.1) is 0 Å². The maximum absolute atomic E-state index is 12.3. The number of allylic oxidation sites excluding steroid dienone is 2. The molecule has 0 N–H and O–H groups in total. The second-order valence-corrected chi connectivity index (χ2v) is 5.91. The molecule has 1 nitrogen and oxygen atoms in total. The summed E-state index contributed by atoms with van der Waals surface area (Å²) < 4.78 is 29.1. The highest BCUT2D eigenvalue weighted by Gasteiger charge is 2.06. The minimum absolute atomic E-state index is 0.181. The summed E-state index contributed by atoms with van der Waals surface area (Å²) >= 11 is 0. The zero-order valence-electron chi connectivity index (χ0n) is 14.1. The summed E-state index contributed by atoms with van der Waals surface area (Å²) in [6.07, 6.45) is 6.33. The molecule has 0 heterocycles. The van der Waals surface area contributed by atoms with Crippen molar-refractivity contribution >= 4 is 10.8 Å². The van der Waals surface area contributed by atoms with E-state index >= 15 is 0 Å². The number of halogens is 2. The van der Waals surface area contributed by atoms with Gasteiger partial charge >= 0.3 is 6.61 Å². The van der Waals surface area contributed by atoms with Gasteiger partial charge in [0.15, 0.2) is 0 Å². The molecule has 3 rings (SSSR count). The molecule has 0 saturated carbocycles. The molecule has 0 aliphatic heterocycles. The van der Waals surface area contributed by atoms with Gasteiger partial charge in [-0.25, -0.2) is 0 Å². The van der Waals surface area contributed by atoms with Crippen LogP contribution in [0.1, 0.15) is 18.9 Å². The van der Waals surface area contributed by atoms with Crippen LogP contribution in [0.25, 0.3) is 21.9 Å². The summed E-state index contributed by atoms with van der Waals surface area (Å²) in [5.74, 6) is 0.181. The largest absolute Gasteiger partial charge is 0.435 e. The van der Waals surface area contributed by atoms with Crippen LogP contribution in [0.15, 0.2) is 72.8 Å². The van der Waals surface area contributed by atoms with Crippen molar-refractivity contribution < 1.29 is 13.5 Å². The normalized spacial score (nSPS) is 11.5. The van der Waals surface area contributed by atoms with E-state index in [-0.39, 0.29) is 5.75 Å². The van der Waals surface area contributed by atoms with Gasteiger partial charge in [0.2, 0.25) is 0 Å². The number of ether oxygens (including phenoxy) is 1. The van der Waals surface area contributed by atoms with Gasteiger partial charge in [0.1, 0.15) is 5.75 Å². The van der Waals surface area contributed by atoms with Crippen molar-refractivity contribution in [3.05, 3.63) is 78.4 Å². The number of fused-ring (bicyclic) bond motifs is 1. The van der Waals surface area contributed by atoms with E-state index in [0.717, 1.165) is 34.7 Å². The number of aryl methyl sites for hydroxylation is 1. The number of alkyl halides is 2. The number of hydrogen-bond donors (Lipinski definition) is 0. The monoisotopic (exact) mass is 338 g/mol. The van der Waals surface area contributed by atoms with Crippen LogP contribution in [-0.2, 0) is 6.42 Å². The van der Waals surface area contributed by atoms with E-state index in [1.165, 1.54) is 5.56 Å². The smallest absolute Gasteiger partial charge is 0.387 e. The van der Waals surface area contributed by atoms with Crippen molar-refractivity contribution in [2.45, 2.75) is 26.4 Å². The Labute approximate surface area is 146 Å². The van der Waals surface area contributed by atoms with Crippen molar-refractivity contribution in [3.63, 3.8) is 0 Å². The van der Waals surface area contributed by atoms with Gasteiger partial charge in [-0.15, -0.1) is 0 Å². The minimum atomic E-state index is -2.80. The lowest BCUT2D eigenvalue weighted by molar-refractivity contribution is -0.0497. The molecule has 0 saturated heterocycles. The molecule has 0 unspecified atom stereocenters. The van der Waals surface area contributed by atoms with E-state index < -0.39 is 6.61 Å². The van der Waals surface area contributed by atoms with Crippen LogP contribution in [0.4, 0.5) is 8.78 Å². The molecular weight excluding hydrogens is 318 g/mol. The van der Waals surface area contributed by atoms with Gasteiger partial charge in [-0.3, -0.25) is 0 Å². The summed E-state index contributed by atoms with van der Waals surface area (Å²) in [6.45, 7) is -0.770. The Kier molecular flexibility index (Phi) is 5.44. The quantitative estimate of drug-likeness (QED) is 0.459. The van der Waals surface area contributed by atoms with Gasteiger partial charge in [0.25, 0.3) is 0 Å². The molecular formula is C22H20F2O. The summed E-state index contributed by atoms with van der Waals surface area (Å²) in [6, 6.07) is 19.6. The number of rotatable bonds is 6. The molecule has 0 amide bonds. The lowest BCUT2D eigenvalue weighted by atomic mass is 9.99. The molecule has 128 valence electrons. The first-order chi connectivity index (χ1) is 12.2. The number of benzene rings is 3. The maximum atomic E-state index is 12.3. The Morgan fingerprint density at radius 3 is 2.28 bits per heavy atom. The second kappa shape index (κ2) is 7.93. The molecule has 0 aliphatic carbocycles. The summed E-state index contributed by atoms with van der Waals surface area (Å²) in [7, 11) is 0. The van der Waals surface area contributed by atoms with E-state index in [2.05, 4.69) is 47.2 Å². The molecule has 0 aliphatic rings. The van der Waals surface area contributed by atoms with Crippen LogP contribution in [0.3, 0.4) is 0 Å². The van der Waals surface area contributed by atoms with Crippen molar-refractivity contribution in [2.24, 2.45) is 0 Å². The maximum Gasteiger partial charge on any atom is 0.387 e. The van der Waals surface area contributed by atoms with Crippen LogP contribution < -0.4 is 4.74 Å². The molecule has 0 fully saturated rings. The Hall–Kier alpha value is -2.68. The Morgan fingerprint density at radius 2 is 1.56 bits per heavy atom. The first-order valence-corrected chi connectivity index (χ1v) is 8.35. The first-order valence-electron chi connectivity index (χ1n) is 8.35. The van der Waals surface area contributed by atoms with Crippen LogP contribution in [0.5, 0.6) is 5.75 Å². The standard InChI is InChI=1S/C22H20F2O/c1-2-3-4-5-16-6-8-17(9-7-16)18-10-11-20-15-21(25-22(23)24)13-12-19(20)14-18/h2-3,6-15,22H,4-5H2,1H3/b3-2+. The lowest BCUT2D eigenvalue weighted by Gasteiger charge is -2.08. The van der Waals surface area contributed by atoms with Crippen LogP contribution >= 0.6 is 0 Å². The van der Waals surface area contributed by atoms with Crippen LogP contribution in [-0.4, -0.2) is 6.61 Å². The molecule has 3 aromatic rings. The third kappa shape index (κ3) is 4.44. The summed E-state index contributed by atoms with van der Waals surface area (Å²) in [5, 5.41) is 1.88. The van der Waals surface area contributed by atoms with E-state index in [1.807, 2.05) is 25.1 Å². The highest BCUT2D eigenvalue weighted by atomic mass is 19.3. The Bertz CT molecular complexity index is 867. The predicted octanol–water partition coefficient (Wildman–Crippen LogP) is 6.62. The van der Waals surface area contributed by atoms with Gasteiger partial charge in [0.05, 0.1) is 0 Å². The molecule has 0 bridgehead atoms. The van der Waals surface area contributed by atoms with Crippen molar-refractivity contribution in [1.82, 2.24) is 0 Å². The number of hydrogen-bond acceptors (Lipinski definition) is 1. The summed E-state index contributed by atoms with van der Waals surface area (Å²) in [5.41, 5.74) is 3.57. The first kappa shape index (κ1) is 17.2. The molecule has 3 aromatic carbocycles. The highest BCUT2D eigenvalue weighted by Crippen LogP contribution is 2.28. The fraction of sp³-hybridized carbons (Fsp3) is 0.182.